The molecule has 7 aromatic carbocycles. The molecule has 2 unspecified atom stereocenters. The minimum atomic E-state index is 0.0140. The van der Waals surface area contributed by atoms with Crippen molar-refractivity contribution in [2.75, 3.05) is 5.32 Å². The standard InChI is InChI=1S/C46H31NOS/c1-2-13-32-29(11-1)12-7-16-33(32)30-25-27-31(28-26-30)34-17-9-22-41-44(34)45-40(21-10-23-42(45)48-41)47-39-20-5-3-14-35(39)37-18-8-19-38-36-15-4-6-24-43(36)49-46(37)38/h1-28,40,45,47H. The van der Waals surface area contributed by atoms with Crippen molar-refractivity contribution in [1.29, 1.82) is 0 Å². The van der Waals surface area contributed by atoms with E-state index in [1.165, 1.54) is 69.9 Å². The van der Waals surface area contributed by atoms with E-state index < -0.39 is 0 Å². The zero-order valence-electron chi connectivity index (χ0n) is 26.6. The number of hydrogen-bond acceptors (Lipinski definition) is 3. The van der Waals surface area contributed by atoms with Crippen LogP contribution in [-0.2, 0) is 0 Å². The summed E-state index contributed by atoms with van der Waals surface area (Å²) in [6.07, 6.45) is 6.53. The molecule has 8 aromatic rings. The molecule has 10 rings (SSSR count). The molecule has 1 aromatic heterocycles. The molecular weight excluding hydrogens is 615 g/mol. The molecule has 1 aliphatic heterocycles. The zero-order valence-corrected chi connectivity index (χ0v) is 27.5. The van der Waals surface area contributed by atoms with Gasteiger partial charge in [0.15, 0.2) is 0 Å². The van der Waals surface area contributed by atoms with Crippen LogP contribution in [0.2, 0.25) is 0 Å². The Morgan fingerprint density at radius 2 is 1.18 bits per heavy atom. The summed E-state index contributed by atoms with van der Waals surface area (Å²) in [5.74, 6) is 1.96. The van der Waals surface area contributed by atoms with E-state index in [-0.39, 0.29) is 12.0 Å². The molecule has 49 heavy (non-hydrogen) atoms. The van der Waals surface area contributed by atoms with Crippen LogP contribution in [0.4, 0.5) is 5.69 Å². The van der Waals surface area contributed by atoms with Crippen molar-refractivity contribution in [2.45, 2.75) is 12.0 Å². The van der Waals surface area contributed by atoms with Gasteiger partial charge in [-0.1, -0.05) is 146 Å². The maximum absolute atomic E-state index is 6.56. The second kappa shape index (κ2) is 11.4. The van der Waals surface area contributed by atoms with E-state index >= 15 is 0 Å². The first-order chi connectivity index (χ1) is 24.3. The Labute approximate surface area is 289 Å². The highest BCUT2D eigenvalue weighted by Gasteiger charge is 2.38. The Hall–Kier alpha value is -5.90. The van der Waals surface area contributed by atoms with Gasteiger partial charge >= 0.3 is 0 Å². The van der Waals surface area contributed by atoms with Crippen molar-refractivity contribution in [3.8, 4) is 39.1 Å². The molecule has 2 aliphatic rings. The first kappa shape index (κ1) is 28.1. The van der Waals surface area contributed by atoms with Crippen molar-refractivity contribution >= 4 is 48.0 Å². The fourth-order valence-electron chi connectivity index (χ4n) is 7.83. The van der Waals surface area contributed by atoms with Gasteiger partial charge in [-0.3, -0.25) is 0 Å². The minimum Gasteiger partial charge on any atom is -0.461 e. The molecule has 0 amide bonds. The third-order valence-electron chi connectivity index (χ3n) is 10.1. The lowest BCUT2D eigenvalue weighted by Gasteiger charge is -2.27. The molecule has 0 saturated carbocycles. The summed E-state index contributed by atoms with van der Waals surface area (Å²) in [7, 11) is 0. The zero-order chi connectivity index (χ0) is 32.3. The van der Waals surface area contributed by atoms with Crippen LogP contribution in [0.25, 0.3) is 64.3 Å². The average molecular weight is 646 g/mol. The molecule has 0 saturated heterocycles. The molecule has 1 N–H and O–H groups in total. The van der Waals surface area contributed by atoms with Crippen LogP contribution >= 0.6 is 11.3 Å². The SMILES string of the molecule is C1=CC(Nc2ccccc2-c2cccc3c2sc2ccccc23)C2C(=C1)Oc1cccc(-c3ccc(-c4cccc5ccccc45)cc3)c12. The first-order valence-corrected chi connectivity index (χ1v) is 17.7. The van der Waals surface area contributed by atoms with Crippen LogP contribution in [-0.4, -0.2) is 6.04 Å². The van der Waals surface area contributed by atoms with Crippen LogP contribution in [0, 0.1) is 0 Å². The quantitative estimate of drug-likeness (QED) is 0.201. The minimum absolute atomic E-state index is 0.0140. The van der Waals surface area contributed by atoms with E-state index in [1.54, 1.807) is 0 Å². The summed E-state index contributed by atoms with van der Waals surface area (Å²) >= 11 is 1.87. The highest BCUT2D eigenvalue weighted by Crippen LogP contribution is 2.50. The number of thiophene rings is 1. The van der Waals surface area contributed by atoms with Gasteiger partial charge in [0.1, 0.15) is 11.5 Å². The highest BCUT2D eigenvalue weighted by atomic mass is 32.1. The summed E-state index contributed by atoms with van der Waals surface area (Å²) < 4.78 is 9.20. The number of fused-ring (bicyclic) bond motifs is 7. The van der Waals surface area contributed by atoms with Gasteiger partial charge in [0.05, 0.1) is 12.0 Å². The topological polar surface area (TPSA) is 21.3 Å². The van der Waals surface area contributed by atoms with E-state index in [2.05, 4.69) is 175 Å². The van der Waals surface area contributed by atoms with Crippen molar-refractivity contribution in [3.05, 3.63) is 181 Å². The molecular formula is C46H31NOS. The van der Waals surface area contributed by atoms with Crippen molar-refractivity contribution < 1.29 is 4.74 Å². The van der Waals surface area contributed by atoms with Gasteiger partial charge in [0.25, 0.3) is 0 Å². The molecule has 2 heterocycles. The van der Waals surface area contributed by atoms with Crippen LogP contribution in [0.3, 0.4) is 0 Å². The first-order valence-electron chi connectivity index (χ1n) is 16.8. The number of rotatable bonds is 5. The molecule has 0 spiro atoms. The summed E-state index contributed by atoms with van der Waals surface area (Å²) in [5, 5.41) is 9.14. The maximum Gasteiger partial charge on any atom is 0.131 e. The molecule has 3 heteroatoms. The third kappa shape index (κ3) is 4.62. The Kier molecular flexibility index (Phi) is 6.53. The van der Waals surface area contributed by atoms with Gasteiger partial charge in [-0.15, -0.1) is 11.3 Å². The number of para-hydroxylation sites is 1. The average Bonchev–Trinajstić information content (AvgIpc) is 3.74. The number of anilines is 1. The van der Waals surface area contributed by atoms with Gasteiger partial charge in [-0.05, 0) is 57.3 Å². The van der Waals surface area contributed by atoms with Gasteiger partial charge in [0, 0.05) is 42.6 Å². The van der Waals surface area contributed by atoms with E-state index in [0.717, 1.165) is 17.2 Å². The summed E-state index contributed by atoms with van der Waals surface area (Å²) in [4.78, 5) is 0. The van der Waals surface area contributed by atoms with E-state index in [1.807, 2.05) is 11.3 Å². The van der Waals surface area contributed by atoms with Crippen LogP contribution < -0.4 is 10.1 Å². The smallest absolute Gasteiger partial charge is 0.131 e. The normalized spacial score (nSPS) is 16.4. The third-order valence-corrected chi connectivity index (χ3v) is 11.3. The molecule has 0 radical (unpaired) electrons. The number of nitrogens with one attached hydrogen (secondary N) is 1. The fourth-order valence-corrected chi connectivity index (χ4v) is 9.06. The highest BCUT2D eigenvalue weighted by molar-refractivity contribution is 7.26. The van der Waals surface area contributed by atoms with Gasteiger partial charge < -0.3 is 10.1 Å². The van der Waals surface area contributed by atoms with Gasteiger partial charge in [0.2, 0.25) is 0 Å². The molecule has 0 bridgehead atoms. The second-order valence-corrected chi connectivity index (χ2v) is 13.9. The number of benzene rings is 7. The van der Waals surface area contributed by atoms with Gasteiger partial charge in [-0.25, -0.2) is 0 Å². The van der Waals surface area contributed by atoms with Crippen LogP contribution in [0.15, 0.2) is 176 Å². The number of hydrogen-bond donors (Lipinski definition) is 1. The van der Waals surface area contributed by atoms with Crippen molar-refractivity contribution in [1.82, 2.24) is 0 Å². The van der Waals surface area contributed by atoms with E-state index in [4.69, 9.17) is 4.74 Å². The predicted octanol–water partition coefficient (Wildman–Crippen LogP) is 12.6. The summed E-state index contributed by atoms with van der Waals surface area (Å²) in [6, 6.07) is 54.8. The molecule has 0 fully saturated rings. The van der Waals surface area contributed by atoms with Crippen molar-refractivity contribution in [3.63, 3.8) is 0 Å². The van der Waals surface area contributed by atoms with E-state index in [9.17, 15) is 0 Å². The predicted molar refractivity (Wildman–Crippen MR) is 208 cm³/mol. The Balaban J connectivity index is 1.02. The lowest BCUT2D eigenvalue weighted by Crippen LogP contribution is -2.28. The molecule has 2 nitrogen and oxygen atoms in total. The Morgan fingerprint density at radius 3 is 2.10 bits per heavy atom. The largest absolute Gasteiger partial charge is 0.461 e. The van der Waals surface area contributed by atoms with Crippen molar-refractivity contribution in [2.24, 2.45) is 0 Å². The van der Waals surface area contributed by atoms with Gasteiger partial charge in [-0.2, -0.15) is 0 Å². The number of allylic oxidation sites excluding steroid dienone is 2. The number of ether oxygens (including phenoxy) is 1. The van der Waals surface area contributed by atoms with Crippen LogP contribution in [0.1, 0.15) is 11.5 Å². The molecule has 232 valence electrons. The molecule has 2 atom stereocenters. The maximum atomic E-state index is 6.56. The Morgan fingerprint density at radius 1 is 0.531 bits per heavy atom. The second-order valence-electron chi connectivity index (χ2n) is 12.9. The monoisotopic (exact) mass is 645 g/mol. The fraction of sp³-hybridized carbons (Fsp3) is 0.0435. The summed E-state index contributed by atoms with van der Waals surface area (Å²) in [6.45, 7) is 0. The lowest BCUT2D eigenvalue weighted by atomic mass is 9.83. The molecule has 1 aliphatic carbocycles. The summed E-state index contributed by atoms with van der Waals surface area (Å²) in [5.41, 5.74) is 9.69. The Bertz CT molecular complexity index is 2620. The van der Waals surface area contributed by atoms with Crippen LogP contribution in [0.5, 0.6) is 5.75 Å². The van der Waals surface area contributed by atoms with E-state index in [0.29, 0.717) is 0 Å². The lowest BCUT2D eigenvalue weighted by molar-refractivity contribution is 0.420.